The van der Waals surface area contributed by atoms with Gasteiger partial charge in [0.2, 0.25) is 0 Å². The molecule has 15 heavy (non-hydrogen) atoms. The molecule has 1 aromatic rings. The lowest BCUT2D eigenvalue weighted by Crippen LogP contribution is -2.13. The zero-order valence-electron chi connectivity index (χ0n) is 8.74. The smallest absolute Gasteiger partial charge is 0.0700 e. The van der Waals surface area contributed by atoms with Gasteiger partial charge in [0, 0.05) is 29.1 Å². The Labute approximate surface area is 103 Å². The normalized spacial score (nSPS) is 13.0. The Morgan fingerprint density at radius 2 is 2.27 bits per heavy atom. The van der Waals surface area contributed by atoms with Crippen LogP contribution in [0.3, 0.4) is 0 Å². The average molecular weight is 294 g/mol. The molecule has 3 nitrogen and oxygen atoms in total. The first-order valence-electron chi connectivity index (χ1n) is 4.81. The van der Waals surface area contributed by atoms with Crippen LogP contribution in [0.4, 0.5) is 0 Å². The SMILES string of the molecule is COCCOCCC(N)c1sccc1Br. The molecule has 1 unspecified atom stereocenters. The zero-order chi connectivity index (χ0) is 11.1. The topological polar surface area (TPSA) is 44.5 Å². The van der Waals surface area contributed by atoms with Gasteiger partial charge in [-0.05, 0) is 33.8 Å². The van der Waals surface area contributed by atoms with Crippen LogP contribution in [0, 0.1) is 0 Å². The van der Waals surface area contributed by atoms with E-state index in [1.165, 1.54) is 4.88 Å². The maximum Gasteiger partial charge on any atom is 0.0700 e. The zero-order valence-corrected chi connectivity index (χ0v) is 11.1. The molecule has 0 spiro atoms. The van der Waals surface area contributed by atoms with Gasteiger partial charge < -0.3 is 15.2 Å². The molecule has 1 aromatic heterocycles. The van der Waals surface area contributed by atoms with Crippen molar-refractivity contribution in [3.63, 3.8) is 0 Å². The van der Waals surface area contributed by atoms with Crippen LogP contribution in [0.1, 0.15) is 17.3 Å². The highest BCUT2D eigenvalue weighted by molar-refractivity contribution is 9.10. The van der Waals surface area contributed by atoms with Crippen molar-refractivity contribution in [3.8, 4) is 0 Å². The minimum absolute atomic E-state index is 0.0573. The fourth-order valence-electron chi connectivity index (χ4n) is 1.16. The van der Waals surface area contributed by atoms with Crippen LogP contribution < -0.4 is 5.73 Å². The van der Waals surface area contributed by atoms with Gasteiger partial charge >= 0.3 is 0 Å². The highest BCUT2D eigenvalue weighted by Crippen LogP contribution is 2.29. The average Bonchev–Trinajstić information content (AvgIpc) is 2.64. The van der Waals surface area contributed by atoms with Crippen molar-refractivity contribution in [3.05, 3.63) is 20.8 Å². The van der Waals surface area contributed by atoms with E-state index in [9.17, 15) is 0 Å². The van der Waals surface area contributed by atoms with Gasteiger partial charge in [-0.15, -0.1) is 11.3 Å². The first-order chi connectivity index (χ1) is 7.25. The summed E-state index contributed by atoms with van der Waals surface area (Å²) in [5.74, 6) is 0. The van der Waals surface area contributed by atoms with E-state index >= 15 is 0 Å². The first-order valence-corrected chi connectivity index (χ1v) is 6.48. The molecule has 0 aliphatic heterocycles. The molecule has 0 saturated carbocycles. The summed E-state index contributed by atoms with van der Waals surface area (Å²) in [5, 5.41) is 2.03. The number of methoxy groups -OCH3 is 1. The van der Waals surface area contributed by atoms with Crippen molar-refractivity contribution in [1.82, 2.24) is 0 Å². The molecule has 0 aliphatic rings. The Bertz CT molecular complexity index is 280. The molecule has 1 heterocycles. The Morgan fingerprint density at radius 1 is 1.47 bits per heavy atom. The van der Waals surface area contributed by atoms with Crippen molar-refractivity contribution in [2.75, 3.05) is 26.9 Å². The van der Waals surface area contributed by atoms with Crippen LogP contribution in [0.5, 0.6) is 0 Å². The third-order valence-corrected chi connectivity index (χ3v) is 3.99. The highest BCUT2D eigenvalue weighted by atomic mass is 79.9. The molecule has 0 aliphatic carbocycles. The van der Waals surface area contributed by atoms with Crippen LogP contribution in [0.2, 0.25) is 0 Å². The largest absolute Gasteiger partial charge is 0.382 e. The number of halogens is 1. The first kappa shape index (κ1) is 13.1. The van der Waals surface area contributed by atoms with Crippen LogP contribution in [0.25, 0.3) is 0 Å². The summed E-state index contributed by atoms with van der Waals surface area (Å²) in [6.45, 7) is 1.95. The van der Waals surface area contributed by atoms with Crippen molar-refractivity contribution in [2.24, 2.45) is 5.73 Å². The maximum absolute atomic E-state index is 6.02. The highest BCUT2D eigenvalue weighted by Gasteiger charge is 2.10. The Kier molecular flexibility index (Phi) is 6.43. The fourth-order valence-corrected chi connectivity index (χ4v) is 2.86. The summed E-state index contributed by atoms with van der Waals surface area (Å²) < 4.78 is 11.3. The van der Waals surface area contributed by atoms with E-state index in [0.717, 1.165) is 10.9 Å². The molecule has 0 amide bonds. The van der Waals surface area contributed by atoms with Crippen molar-refractivity contribution in [2.45, 2.75) is 12.5 Å². The summed E-state index contributed by atoms with van der Waals surface area (Å²) in [4.78, 5) is 1.19. The van der Waals surface area contributed by atoms with E-state index < -0.39 is 0 Å². The van der Waals surface area contributed by atoms with Crippen molar-refractivity contribution < 1.29 is 9.47 Å². The van der Waals surface area contributed by atoms with Crippen LogP contribution in [-0.4, -0.2) is 26.9 Å². The second-order valence-corrected chi connectivity index (χ2v) is 4.94. The van der Waals surface area contributed by atoms with Crippen molar-refractivity contribution in [1.29, 1.82) is 0 Å². The van der Waals surface area contributed by atoms with E-state index in [4.69, 9.17) is 15.2 Å². The third kappa shape index (κ3) is 4.61. The molecule has 0 radical (unpaired) electrons. The summed E-state index contributed by atoms with van der Waals surface area (Å²) in [5.41, 5.74) is 6.02. The van der Waals surface area contributed by atoms with Gasteiger partial charge in [-0.3, -0.25) is 0 Å². The standard InChI is InChI=1S/C10H16BrNO2S/c1-13-5-6-14-4-2-9(12)10-8(11)3-7-15-10/h3,7,9H,2,4-6,12H2,1H3. The Balaban J connectivity index is 2.19. The predicted molar refractivity (Wildman–Crippen MR) is 66.3 cm³/mol. The van der Waals surface area contributed by atoms with E-state index in [1.807, 2.05) is 11.4 Å². The van der Waals surface area contributed by atoms with Gasteiger partial charge in [0.05, 0.1) is 13.2 Å². The monoisotopic (exact) mass is 293 g/mol. The van der Waals surface area contributed by atoms with Gasteiger partial charge in [0.1, 0.15) is 0 Å². The van der Waals surface area contributed by atoms with Gasteiger partial charge in [0.15, 0.2) is 0 Å². The summed E-state index contributed by atoms with van der Waals surface area (Å²) in [6.07, 6.45) is 0.836. The lowest BCUT2D eigenvalue weighted by molar-refractivity contribution is 0.0673. The number of thiophene rings is 1. The second kappa shape index (κ2) is 7.35. The van der Waals surface area contributed by atoms with Crippen molar-refractivity contribution >= 4 is 27.3 Å². The third-order valence-electron chi connectivity index (χ3n) is 1.99. The molecule has 0 saturated heterocycles. The predicted octanol–water partition coefficient (Wildman–Crippen LogP) is 2.56. The summed E-state index contributed by atoms with van der Waals surface area (Å²) in [6, 6.07) is 2.08. The van der Waals surface area contributed by atoms with Crippen LogP contribution in [-0.2, 0) is 9.47 Å². The summed E-state index contributed by atoms with van der Waals surface area (Å²) >= 11 is 5.14. The fraction of sp³-hybridized carbons (Fsp3) is 0.600. The Morgan fingerprint density at radius 3 is 2.87 bits per heavy atom. The van der Waals surface area contributed by atoms with E-state index in [0.29, 0.717) is 19.8 Å². The summed E-state index contributed by atoms with van der Waals surface area (Å²) in [7, 11) is 1.66. The minimum atomic E-state index is 0.0573. The maximum atomic E-state index is 6.02. The quantitative estimate of drug-likeness (QED) is 0.786. The lowest BCUT2D eigenvalue weighted by atomic mass is 10.2. The molecular weight excluding hydrogens is 278 g/mol. The molecule has 2 N–H and O–H groups in total. The van der Waals surface area contributed by atoms with Crippen LogP contribution >= 0.6 is 27.3 Å². The molecule has 1 rings (SSSR count). The Hall–Kier alpha value is 0.0600. The minimum Gasteiger partial charge on any atom is -0.382 e. The number of rotatable bonds is 7. The molecule has 0 aromatic carbocycles. The number of hydrogen-bond donors (Lipinski definition) is 1. The number of nitrogens with two attached hydrogens (primary N) is 1. The molecule has 86 valence electrons. The number of hydrogen-bond acceptors (Lipinski definition) is 4. The van der Waals surface area contributed by atoms with Gasteiger partial charge in [0.25, 0.3) is 0 Å². The second-order valence-electron chi connectivity index (χ2n) is 3.13. The molecular formula is C10H16BrNO2S. The van der Waals surface area contributed by atoms with E-state index in [2.05, 4.69) is 15.9 Å². The van der Waals surface area contributed by atoms with Gasteiger partial charge in [-0.2, -0.15) is 0 Å². The van der Waals surface area contributed by atoms with Gasteiger partial charge in [-0.1, -0.05) is 0 Å². The number of ether oxygens (including phenoxy) is 2. The lowest BCUT2D eigenvalue weighted by Gasteiger charge is -2.10. The molecule has 5 heteroatoms. The molecule has 0 bridgehead atoms. The van der Waals surface area contributed by atoms with Gasteiger partial charge in [-0.25, -0.2) is 0 Å². The molecule has 1 atom stereocenters. The van der Waals surface area contributed by atoms with E-state index in [-0.39, 0.29) is 6.04 Å². The molecule has 0 fully saturated rings. The van der Waals surface area contributed by atoms with E-state index in [1.54, 1.807) is 18.4 Å². The van der Waals surface area contributed by atoms with Crippen LogP contribution in [0.15, 0.2) is 15.9 Å².